The van der Waals surface area contributed by atoms with E-state index in [0.717, 1.165) is 12.1 Å². The molecule has 0 saturated heterocycles. The van der Waals surface area contributed by atoms with Gasteiger partial charge in [0.05, 0.1) is 5.52 Å². The van der Waals surface area contributed by atoms with E-state index in [-0.39, 0.29) is 0 Å². The Morgan fingerprint density at radius 3 is 2.86 bits per heavy atom. The Labute approximate surface area is 84.6 Å². The summed E-state index contributed by atoms with van der Waals surface area (Å²) in [5, 5.41) is 1.23. The molecule has 0 amide bonds. The molecule has 0 unspecified atom stereocenters. The van der Waals surface area contributed by atoms with Gasteiger partial charge in [-0.3, -0.25) is 4.98 Å². The number of pyridine rings is 1. The standard InChI is InChI=1S/C12H16N2/c1-4-11-7-12-10(8-13-11)5-6-14(12)9(2)3/h5-9H,4H2,1-3H3. The molecule has 2 heteroatoms. The number of aromatic nitrogens is 2. The van der Waals surface area contributed by atoms with Crippen LogP contribution >= 0.6 is 0 Å². The van der Waals surface area contributed by atoms with Crippen molar-refractivity contribution in [1.82, 2.24) is 9.55 Å². The lowest BCUT2D eigenvalue weighted by molar-refractivity contribution is 0.622. The summed E-state index contributed by atoms with van der Waals surface area (Å²) in [5.74, 6) is 0. The van der Waals surface area contributed by atoms with Gasteiger partial charge < -0.3 is 4.57 Å². The zero-order chi connectivity index (χ0) is 10.1. The average molecular weight is 188 g/mol. The molecule has 0 aliphatic rings. The van der Waals surface area contributed by atoms with Gasteiger partial charge in [-0.15, -0.1) is 0 Å². The zero-order valence-electron chi connectivity index (χ0n) is 8.99. The first kappa shape index (κ1) is 9.25. The molecule has 0 aliphatic carbocycles. The van der Waals surface area contributed by atoms with Gasteiger partial charge in [0.1, 0.15) is 0 Å². The molecule has 2 heterocycles. The number of rotatable bonds is 2. The Hall–Kier alpha value is -1.31. The van der Waals surface area contributed by atoms with E-state index in [1.807, 2.05) is 6.20 Å². The van der Waals surface area contributed by atoms with Crippen LogP contribution in [0.4, 0.5) is 0 Å². The van der Waals surface area contributed by atoms with E-state index in [4.69, 9.17) is 0 Å². The van der Waals surface area contributed by atoms with E-state index in [9.17, 15) is 0 Å². The highest BCUT2D eigenvalue weighted by molar-refractivity contribution is 5.79. The maximum absolute atomic E-state index is 4.38. The topological polar surface area (TPSA) is 17.8 Å². The molecular formula is C12H16N2. The van der Waals surface area contributed by atoms with Crippen LogP contribution in [0, 0.1) is 0 Å². The SMILES string of the molecule is CCc1cc2c(ccn2C(C)C)cn1. The lowest BCUT2D eigenvalue weighted by atomic mass is 10.2. The second kappa shape index (κ2) is 3.45. The van der Waals surface area contributed by atoms with Crippen molar-refractivity contribution in [2.45, 2.75) is 33.2 Å². The molecule has 0 aliphatic heterocycles. The van der Waals surface area contributed by atoms with Crippen LogP contribution in [-0.2, 0) is 6.42 Å². The maximum Gasteiger partial charge on any atom is 0.0516 e. The van der Waals surface area contributed by atoms with Crippen LogP contribution < -0.4 is 0 Å². The van der Waals surface area contributed by atoms with Crippen LogP contribution in [0.5, 0.6) is 0 Å². The van der Waals surface area contributed by atoms with Crippen LogP contribution in [-0.4, -0.2) is 9.55 Å². The number of fused-ring (bicyclic) bond motifs is 1. The fourth-order valence-electron chi connectivity index (χ4n) is 1.73. The molecule has 2 aromatic rings. The summed E-state index contributed by atoms with van der Waals surface area (Å²) in [6.07, 6.45) is 5.10. The summed E-state index contributed by atoms with van der Waals surface area (Å²) < 4.78 is 2.29. The van der Waals surface area contributed by atoms with Crippen molar-refractivity contribution in [2.75, 3.05) is 0 Å². The number of aryl methyl sites for hydroxylation is 1. The predicted molar refractivity (Wildman–Crippen MR) is 59.5 cm³/mol. The van der Waals surface area contributed by atoms with Crippen molar-refractivity contribution >= 4 is 10.9 Å². The highest BCUT2D eigenvalue weighted by atomic mass is 15.0. The van der Waals surface area contributed by atoms with Crippen molar-refractivity contribution < 1.29 is 0 Å². The minimum atomic E-state index is 0.514. The minimum Gasteiger partial charge on any atom is -0.345 e. The summed E-state index contributed by atoms with van der Waals surface area (Å²) in [7, 11) is 0. The van der Waals surface area contributed by atoms with Crippen LogP contribution in [0.3, 0.4) is 0 Å². The molecule has 0 radical (unpaired) electrons. The van der Waals surface area contributed by atoms with Crippen molar-refractivity contribution in [3.63, 3.8) is 0 Å². The van der Waals surface area contributed by atoms with Crippen molar-refractivity contribution in [2.24, 2.45) is 0 Å². The van der Waals surface area contributed by atoms with Gasteiger partial charge in [-0.1, -0.05) is 6.92 Å². The molecule has 2 nitrogen and oxygen atoms in total. The Balaban J connectivity index is 2.63. The van der Waals surface area contributed by atoms with Gasteiger partial charge in [-0.05, 0) is 32.4 Å². The van der Waals surface area contributed by atoms with Gasteiger partial charge >= 0.3 is 0 Å². The summed E-state index contributed by atoms with van der Waals surface area (Å²) in [6.45, 7) is 6.54. The van der Waals surface area contributed by atoms with Crippen LogP contribution in [0.2, 0.25) is 0 Å². The molecule has 0 bridgehead atoms. The molecule has 0 saturated carbocycles. The summed E-state index contributed by atoms with van der Waals surface area (Å²) >= 11 is 0. The van der Waals surface area contributed by atoms with Crippen molar-refractivity contribution in [3.05, 3.63) is 30.2 Å². The second-order valence-electron chi connectivity index (χ2n) is 3.90. The fraction of sp³-hybridized carbons (Fsp3) is 0.417. The predicted octanol–water partition coefficient (Wildman–Crippen LogP) is 3.18. The molecule has 14 heavy (non-hydrogen) atoms. The smallest absolute Gasteiger partial charge is 0.0516 e. The Morgan fingerprint density at radius 2 is 2.21 bits per heavy atom. The third kappa shape index (κ3) is 1.41. The first-order valence-electron chi connectivity index (χ1n) is 5.18. The molecule has 2 aromatic heterocycles. The van der Waals surface area contributed by atoms with Gasteiger partial charge in [-0.2, -0.15) is 0 Å². The molecule has 0 atom stereocenters. The van der Waals surface area contributed by atoms with Crippen molar-refractivity contribution in [1.29, 1.82) is 0 Å². The van der Waals surface area contributed by atoms with E-state index in [1.54, 1.807) is 0 Å². The van der Waals surface area contributed by atoms with E-state index < -0.39 is 0 Å². The van der Waals surface area contributed by atoms with Crippen LogP contribution in [0.25, 0.3) is 10.9 Å². The minimum absolute atomic E-state index is 0.514. The van der Waals surface area contributed by atoms with Gasteiger partial charge in [0.25, 0.3) is 0 Å². The first-order chi connectivity index (χ1) is 6.72. The Kier molecular flexibility index (Phi) is 2.28. The summed E-state index contributed by atoms with van der Waals surface area (Å²) in [6, 6.07) is 4.83. The van der Waals surface area contributed by atoms with E-state index in [0.29, 0.717) is 6.04 Å². The lowest BCUT2D eigenvalue weighted by Crippen LogP contribution is -1.98. The van der Waals surface area contributed by atoms with Crippen LogP contribution in [0.1, 0.15) is 32.5 Å². The number of nitrogens with zero attached hydrogens (tertiary/aromatic N) is 2. The van der Waals surface area contributed by atoms with E-state index >= 15 is 0 Å². The third-order valence-corrected chi connectivity index (χ3v) is 2.58. The molecule has 2 rings (SSSR count). The maximum atomic E-state index is 4.38. The molecule has 0 aromatic carbocycles. The van der Waals surface area contributed by atoms with E-state index in [1.165, 1.54) is 10.9 Å². The quantitative estimate of drug-likeness (QED) is 0.707. The average Bonchev–Trinajstić information content (AvgIpc) is 2.59. The second-order valence-corrected chi connectivity index (χ2v) is 3.90. The summed E-state index contributed by atoms with van der Waals surface area (Å²) in [5.41, 5.74) is 2.46. The highest BCUT2D eigenvalue weighted by Gasteiger charge is 2.04. The molecule has 74 valence electrons. The van der Waals surface area contributed by atoms with Gasteiger partial charge in [0.2, 0.25) is 0 Å². The normalized spacial score (nSPS) is 11.4. The van der Waals surface area contributed by atoms with Crippen molar-refractivity contribution in [3.8, 4) is 0 Å². The van der Waals surface area contributed by atoms with Gasteiger partial charge in [0.15, 0.2) is 0 Å². The first-order valence-corrected chi connectivity index (χ1v) is 5.18. The highest BCUT2D eigenvalue weighted by Crippen LogP contribution is 2.19. The molecule has 0 N–H and O–H groups in total. The third-order valence-electron chi connectivity index (χ3n) is 2.58. The molecular weight excluding hydrogens is 172 g/mol. The Morgan fingerprint density at radius 1 is 1.43 bits per heavy atom. The Bertz CT molecular complexity index is 441. The monoisotopic (exact) mass is 188 g/mol. The van der Waals surface area contributed by atoms with Gasteiger partial charge in [0, 0.05) is 29.5 Å². The number of hydrogen-bond donors (Lipinski definition) is 0. The lowest BCUT2D eigenvalue weighted by Gasteiger charge is -2.09. The summed E-state index contributed by atoms with van der Waals surface area (Å²) in [4.78, 5) is 4.38. The largest absolute Gasteiger partial charge is 0.345 e. The van der Waals surface area contributed by atoms with E-state index in [2.05, 4.69) is 48.7 Å². The van der Waals surface area contributed by atoms with Gasteiger partial charge in [-0.25, -0.2) is 0 Å². The molecule has 0 fully saturated rings. The van der Waals surface area contributed by atoms with Crippen LogP contribution in [0.15, 0.2) is 24.5 Å². The number of hydrogen-bond acceptors (Lipinski definition) is 1. The molecule has 0 spiro atoms. The zero-order valence-corrected chi connectivity index (χ0v) is 8.99. The fourth-order valence-corrected chi connectivity index (χ4v) is 1.73.